The lowest BCUT2D eigenvalue weighted by atomic mass is 10.1. The van der Waals surface area contributed by atoms with Crippen LogP contribution in [0.4, 0.5) is 5.82 Å². The Morgan fingerprint density at radius 2 is 2.06 bits per heavy atom. The zero-order valence-electron chi connectivity index (χ0n) is 10.0. The van der Waals surface area contributed by atoms with Gasteiger partial charge >= 0.3 is 0 Å². The molecule has 0 aliphatic rings. The highest BCUT2D eigenvalue weighted by molar-refractivity contribution is 9.10. The first-order valence-corrected chi connectivity index (χ1v) is 6.17. The normalized spacial score (nSPS) is 9.89. The van der Waals surface area contributed by atoms with Crippen molar-refractivity contribution in [1.82, 2.24) is 9.97 Å². The van der Waals surface area contributed by atoms with E-state index in [2.05, 4.69) is 31.2 Å². The van der Waals surface area contributed by atoms with Crippen LogP contribution in [0.3, 0.4) is 0 Å². The molecule has 0 spiro atoms. The van der Waals surface area contributed by atoms with Gasteiger partial charge in [0.2, 0.25) is 0 Å². The number of rotatable bonds is 2. The molecule has 2 aromatic rings. The van der Waals surface area contributed by atoms with E-state index in [1.807, 2.05) is 31.2 Å². The van der Waals surface area contributed by atoms with Crippen LogP contribution in [0.1, 0.15) is 11.3 Å². The zero-order valence-corrected chi connectivity index (χ0v) is 11.6. The predicted octanol–water partition coefficient (Wildman–Crippen LogP) is 3.13. The molecule has 4 nitrogen and oxygen atoms in total. The second-order valence-electron chi connectivity index (χ2n) is 3.78. The summed E-state index contributed by atoms with van der Waals surface area (Å²) in [6, 6.07) is 9.57. The van der Waals surface area contributed by atoms with Crippen molar-refractivity contribution in [3.63, 3.8) is 0 Å². The largest absolute Gasteiger partial charge is 0.373 e. The van der Waals surface area contributed by atoms with Gasteiger partial charge in [-0.1, -0.05) is 22.0 Å². The van der Waals surface area contributed by atoms with Crippen molar-refractivity contribution in [2.45, 2.75) is 6.92 Å². The summed E-state index contributed by atoms with van der Waals surface area (Å²) in [6.45, 7) is 1.99. The van der Waals surface area contributed by atoms with Crippen LogP contribution in [-0.4, -0.2) is 17.0 Å². The van der Waals surface area contributed by atoms with Gasteiger partial charge in [0, 0.05) is 23.2 Å². The third-order valence-electron chi connectivity index (χ3n) is 2.54. The molecule has 0 aliphatic carbocycles. The van der Waals surface area contributed by atoms with Crippen molar-refractivity contribution in [3.05, 3.63) is 40.0 Å². The smallest absolute Gasteiger partial charge is 0.163 e. The Morgan fingerprint density at radius 3 is 2.72 bits per heavy atom. The van der Waals surface area contributed by atoms with Crippen LogP contribution < -0.4 is 5.32 Å². The van der Waals surface area contributed by atoms with E-state index in [1.54, 1.807) is 13.1 Å². The minimum absolute atomic E-state index is 0.351. The van der Waals surface area contributed by atoms with Gasteiger partial charge in [-0.15, -0.1) is 0 Å². The molecule has 0 radical (unpaired) electrons. The Bertz CT molecular complexity index is 631. The van der Waals surface area contributed by atoms with Crippen LogP contribution in [0.25, 0.3) is 11.4 Å². The van der Waals surface area contributed by atoms with Crippen molar-refractivity contribution in [2.24, 2.45) is 0 Å². The average molecular weight is 303 g/mol. The number of nitriles is 1. The topological polar surface area (TPSA) is 61.6 Å². The minimum Gasteiger partial charge on any atom is -0.373 e. The Kier molecular flexibility index (Phi) is 3.58. The summed E-state index contributed by atoms with van der Waals surface area (Å²) in [4.78, 5) is 8.62. The van der Waals surface area contributed by atoms with E-state index < -0.39 is 0 Å². The van der Waals surface area contributed by atoms with E-state index in [-0.39, 0.29) is 0 Å². The van der Waals surface area contributed by atoms with Gasteiger partial charge in [0.05, 0.1) is 0 Å². The Balaban J connectivity index is 2.63. The van der Waals surface area contributed by atoms with Gasteiger partial charge in [0.15, 0.2) is 5.82 Å². The highest BCUT2D eigenvalue weighted by Crippen LogP contribution is 2.25. The molecule has 0 unspecified atom stereocenters. The highest BCUT2D eigenvalue weighted by atomic mass is 79.9. The number of hydrogen-bond donors (Lipinski definition) is 1. The molecule has 1 aromatic carbocycles. The fourth-order valence-corrected chi connectivity index (χ4v) is 1.95. The minimum atomic E-state index is 0.351. The third-order valence-corrected chi connectivity index (χ3v) is 3.03. The van der Waals surface area contributed by atoms with Crippen LogP contribution in [0.15, 0.2) is 28.7 Å². The van der Waals surface area contributed by atoms with Crippen LogP contribution in [0.2, 0.25) is 0 Å². The van der Waals surface area contributed by atoms with Crippen molar-refractivity contribution in [1.29, 1.82) is 5.26 Å². The number of aryl methyl sites for hydroxylation is 1. The average Bonchev–Trinajstić information content (AvgIpc) is 2.40. The van der Waals surface area contributed by atoms with Gasteiger partial charge in [0.1, 0.15) is 17.6 Å². The quantitative estimate of drug-likeness (QED) is 0.926. The zero-order chi connectivity index (χ0) is 13.1. The molecular weight excluding hydrogens is 292 g/mol. The second-order valence-corrected chi connectivity index (χ2v) is 4.70. The summed E-state index contributed by atoms with van der Waals surface area (Å²) >= 11 is 3.43. The maximum Gasteiger partial charge on any atom is 0.163 e. The summed E-state index contributed by atoms with van der Waals surface area (Å²) in [5.74, 6) is 1.19. The van der Waals surface area contributed by atoms with Crippen LogP contribution in [0.5, 0.6) is 0 Å². The first-order chi connectivity index (χ1) is 8.63. The van der Waals surface area contributed by atoms with Gasteiger partial charge in [-0.3, -0.25) is 0 Å². The number of aromatic nitrogens is 2. The van der Waals surface area contributed by atoms with Crippen LogP contribution in [-0.2, 0) is 0 Å². The molecule has 1 heterocycles. The van der Waals surface area contributed by atoms with Gasteiger partial charge in [-0.25, -0.2) is 9.97 Å². The van der Waals surface area contributed by atoms with Crippen molar-refractivity contribution in [2.75, 3.05) is 12.4 Å². The van der Waals surface area contributed by atoms with Crippen molar-refractivity contribution in [3.8, 4) is 17.5 Å². The molecule has 90 valence electrons. The molecule has 2 rings (SSSR count). The fourth-order valence-electron chi connectivity index (χ4n) is 1.59. The third kappa shape index (κ3) is 2.49. The fraction of sp³-hybridized carbons (Fsp3) is 0.154. The molecule has 0 fully saturated rings. The van der Waals surface area contributed by atoms with Crippen LogP contribution in [0, 0.1) is 18.3 Å². The number of nitrogens with one attached hydrogen (secondary N) is 1. The molecule has 0 saturated carbocycles. The Labute approximate surface area is 114 Å². The number of nitrogens with zero attached hydrogens (tertiary/aromatic N) is 3. The lowest BCUT2D eigenvalue weighted by Crippen LogP contribution is -2.00. The van der Waals surface area contributed by atoms with Crippen LogP contribution >= 0.6 is 15.9 Å². The molecule has 0 aliphatic heterocycles. The van der Waals surface area contributed by atoms with Gasteiger partial charge in [-0.05, 0) is 24.6 Å². The molecule has 5 heteroatoms. The summed E-state index contributed by atoms with van der Waals surface area (Å²) in [5, 5.41) is 11.9. The molecule has 18 heavy (non-hydrogen) atoms. The molecular formula is C13H11BrN4. The highest BCUT2D eigenvalue weighted by Gasteiger charge is 2.09. The predicted molar refractivity (Wildman–Crippen MR) is 74.2 cm³/mol. The molecule has 1 N–H and O–H groups in total. The van der Waals surface area contributed by atoms with E-state index in [4.69, 9.17) is 5.26 Å². The summed E-state index contributed by atoms with van der Waals surface area (Å²) < 4.78 is 0.958. The van der Waals surface area contributed by atoms with E-state index in [0.717, 1.165) is 15.6 Å². The van der Waals surface area contributed by atoms with E-state index in [0.29, 0.717) is 17.3 Å². The Hall–Kier alpha value is -1.93. The molecule has 0 atom stereocenters. The first kappa shape index (κ1) is 12.5. The number of anilines is 1. The van der Waals surface area contributed by atoms with Gasteiger partial charge < -0.3 is 5.32 Å². The molecule has 1 aromatic heterocycles. The van der Waals surface area contributed by atoms with Gasteiger partial charge in [0.25, 0.3) is 0 Å². The number of hydrogen-bond acceptors (Lipinski definition) is 4. The van der Waals surface area contributed by atoms with E-state index in [1.165, 1.54) is 0 Å². The molecule has 0 saturated heterocycles. The lowest BCUT2D eigenvalue weighted by Gasteiger charge is -2.07. The van der Waals surface area contributed by atoms with E-state index in [9.17, 15) is 0 Å². The summed E-state index contributed by atoms with van der Waals surface area (Å²) in [7, 11) is 1.76. The van der Waals surface area contributed by atoms with Crippen molar-refractivity contribution < 1.29 is 0 Å². The second kappa shape index (κ2) is 5.15. The van der Waals surface area contributed by atoms with E-state index >= 15 is 0 Å². The lowest BCUT2D eigenvalue weighted by molar-refractivity contribution is 1.13. The molecule has 0 bridgehead atoms. The standard InChI is InChI=1S/C13H11BrN4/c1-8-3-4-9(14)5-11(8)13-17-10(7-15)6-12(16-2)18-13/h3-6H,1-2H3,(H,16,17,18). The Morgan fingerprint density at radius 1 is 1.28 bits per heavy atom. The SMILES string of the molecule is CNc1cc(C#N)nc(-c2cc(Br)ccc2C)n1. The summed E-state index contributed by atoms with van der Waals surface area (Å²) in [5.41, 5.74) is 2.33. The van der Waals surface area contributed by atoms with Crippen molar-refractivity contribution >= 4 is 21.7 Å². The van der Waals surface area contributed by atoms with Gasteiger partial charge in [-0.2, -0.15) is 5.26 Å². The first-order valence-electron chi connectivity index (χ1n) is 5.37. The maximum atomic E-state index is 8.98. The monoisotopic (exact) mass is 302 g/mol. The number of halogens is 1. The summed E-state index contributed by atoms with van der Waals surface area (Å²) in [6.07, 6.45) is 0. The maximum absolute atomic E-state index is 8.98. The number of benzene rings is 1. The molecule has 0 amide bonds.